The largest absolute Gasteiger partial charge is 0.491 e. The first kappa shape index (κ1) is 14.2. The van der Waals surface area contributed by atoms with Gasteiger partial charge in [-0.25, -0.2) is 0 Å². The van der Waals surface area contributed by atoms with Crippen LogP contribution in [-0.4, -0.2) is 49.9 Å². The van der Waals surface area contributed by atoms with E-state index >= 15 is 0 Å². The minimum absolute atomic E-state index is 0.326. The maximum atomic E-state index is 9.71. The monoisotopic (exact) mass is 264 g/mol. The highest BCUT2D eigenvalue weighted by Crippen LogP contribution is 2.29. The van der Waals surface area contributed by atoms with Gasteiger partial charge in [0.05, 0.1) is 0 Å². The van der Waals surface area contributed by atoms with Crippen LogP contribution in [0.5, 0.6) is 5.75 Å². The molecule has 4 nitrogen and oxygen atoms in total. The van der Waals surface area contributed by atoms with Crippen molar-refractivity contribution in [3.63, 3.8) is 0 Å². The normalized spacial score (nSPS) is 16.4. The second-order valence-electron chi connectivity index (χ2n) is 5.58. The predicted molar refractivity (Wildman–Crippen MR) is 77.7 cm³/mol. The summed E-state index contributed by atoms with van der Waals surface area (Å²) in [6.45, 7) is 2.01. The summed E-state index contributed by atoms with van der Waals surface area (Å²) in [6, 6.07) is 7.93. The standard InChI is InChI=1S/C15H24N2O2/c1-17(2)10-14(18)11-19-15-7-5-13(6-8-15)16-9-12-3-4-12/h5-8,12,14,16,18H,3-4,9-11H2,1-2H3. The van der Waals surface area contributed by atoms with Crippen LogP contribution in [0.4, 0.5) is 5.69 Å². The van der Waals surface area contributed by atoms with Crippen molar-refractivity contribution in [3.8, 4) is 5.75 Å². The molecule has 1 fully saturated rings. The van der Waals surface area contributed by atoms with Crippen LogP contribution in [0.1, 0.15) is 12.8 Å². The van der Waals surface area contributed by atoms with E-state index in [2.05, 4.69) is 5.32 Å². The molecule has 106 valence electrons. The molecule has 0 aromatic heterocycles. The fraction of sp³-hybridized carbons (Fsp3) is 0.600. The second kappa shape index (κ2) is 6.78. The summed E-state index contributed by atoms with van der Waals surface area (Å²) in [5.74, 6) is 1.67. The van der Waals surface area contributed by atoms with E-state index in [1.807, 2.05) is 43.3 Å². The first-order valence-electron chi connectivity index (χ1n) is 6.93. The van der Waals surface area contributed by atoms with Gasteiger partial charge in [-0.1, -0.05) is 0 Å². The zero-order chi connectivity index (χ0) is 13.7. The number of aliphatic hydroxyl groups is 1. The van der Waals surface area contributed by atoms with E-state index in [1.165, 1.54) is 12.8 Å². The number of nitrogens with zero attached hydrogens (tertiary/aromatic N) is 1. The van der Waals surface area contributed by atoms with Gasteiger partial charge in [-0.15, -0.1) is 0 Å². The Balaban J connectivity index is 1.71. The van der Waals surface area contributed by atoms with E-state index in [1.54, 1.807) is 0 Å². The minimum atomic E-state index is -0.456. The van der Waals surface area contributed by atoms with Crippen molar-refractivity contribution in [2.75, 3.05) is 39.1 Å². The molecule has 0 radical (unpaired) electrons. The molecule has 2 rings (SSSR count). The Kier molecular flexibility index (Phi) is 5.05. The van der Waals surface area contributed by atoms with Crippen LogP contribution in [0, 0.1) is 5.92 Å². The van der Waals surface area contributed by atoms with Gasteiger partial charge in [-0.2, -0.15) is 0 Å². The summed E-state index contributed by atoms with van der Waals surface area (Å²) in [5.41, 5.74) is 1.13. The summed E-state index contributed by atoms with van der Waals surface area (Å²) in [7, 11) is 3.87. The van der Waals surface area contributed by atoms with Gasteiger partial charge in [0.2, 0.25) is 0 Å². The van der Waals surface area contributed by atoms with Crippen LogP contribution in [-0.2, 0) is 0 Å². The van der Waals surface area contributed by atoms with Crippen molar-refractivity contribution in [3.05, 3.63) is 24.3 Å². The molecule has 0 heterocycles. The highest BCUT2D eigenvalue weighted by molar-refractivity contribution is 5.46. The summed E-state index contributed by atoms with van der Waals surface area (Å²) in [5, 5.41) is 13.1. The Morgan fingerprint density at radius 3 is 2.58 bits per heavy atom. The van der Waals surface area contributed by atoms with Crippen LogP contribution >= 0.6 is 0 Å². The quantitative estimate of drug-likeness (QED) is 0.751. The molecule has 4 heteroatoms. The Morgan fingerprint density at radius 1 is 1.32 bits per heavy atom. The molecule has 0 spiro atoms. The highest BCUT2D eigenvalue weighted by Gasteiger charge is 2.20. The Bertz CT molecular complexity index is 374. The van der Waals surface area contributed by atoms with Crippen molar-refractivity contribution in [2.24, 2.45) is 5.92 Å². The third-order valence-electron chi connectivity index (χ3n) is 3.16. The van der Waals surface area contributed by atoms with Crippen molar-refractivity contribution in [2.45, 2.75) is 18.9 Å². The number of hydrogen-bond acceptors (Lipinski definition) is 4. The third-order valence-corrected chi connectivity index (χ3v) is 3.16. The zero-order valence-electron chi connectivity index (χ0n) is 11.8. The number of anilines is 1. The summed E-state index contributed by atoms with van der Waals surface area (Å²) < 4.78 is 5.56. The maximum absolute atomic E-state index is 9.71. The second-order valence-corrected chi connectivity index (χ2v) is 5.58. The molecule has 1 unspecified atom stereocenters. The van der Waals surface area contributed by atoms with E-state index in [0.717, 1.165) is 23.9 Å². The van der Waals surface area contributed by atoms with Crippen LogP contribution in [0.15, 0.2) is 24.3 Å². The van der Waals surface area contributed by atoms with Crippen molar-refractivity contribution >= 4 is 5.69 Å². The lowest BCUT2D eigenvalue weighted by Crippen LogP contribution is -2.30. The molecule has 1 aliphatic carbocycles. The van der Waals surface area contributed by atoms with Gasteiger partial charge in [-0.05, 0) is 57.1 Å². The first-order valence-corrected chi connectivity index (χ1v) is 6.93. The van der Waals surface area contributed by atoms with E-state index < -0.39 is 6.10 Å². The average molecular weight is 264 g/mol. The molecule has 1 atom stereocenters. The van der Waals surface area contributed by atoms with Crippen molar-refractivity contribution in [1.82, 2.24) is 4.90 Å². The first-order chi connectivity index (χ1) is 9.13. The van der Waals surface area contributed by atoms with Crippen LogP contribution < -0.4 is 10.1 Å². The molecular weight excluding hydrogens is 240 g/mol. The minimum Gasteiger partial charge on any atom is -0.491 e. The smallest absolute Gasteiger partial charge is 0.119 e. The van der Waals surface area contributed by atoms with E-state index in [4.69, 9.17) is 4.74 Å². The molecule has 0 amide bonds. The number of aliphatic hydroxyl groups excluding tert-OH is 1. The van der Waals surface area contributed by atoms with E-state index in [9.17, 15) is 5.11 Å². The van der Waals surface area contributed by atoms with Crippen LogP contribution in [0.2, 0.25) is 0 Å². The fourth-order valence-corrected chi connectivity index (χ4v) is 1.92. The number of ether oxygens (including phenoxy) is 1. The maximum Gasteiger partial charge on any atom is 0.119 e. The van der Waals surface area contributed by atoms with Gasteiger partial charge in [0.1, 0.15) is 18.5 Å². The topological polar surface area (TPSA) is 44.7 Å². The number of benzene rings is 1. The molecule has 1 saturated carbocycles. The van der Waals surface area contributed by atoms with Crippen LogP contribution in [0.3, 0.4) is 0 Å². The summed E-state index contributed by atoms with van der Waals surface area (Å²) in [4.78, 5) is 1.94. The molecule has 0 saturated heterocycles. The van der Waals surface area contributed by atoms with Gasteiger partial charge in [0.25, 0.3) is 0 Å². The zero-order valence-corrected chi connectivity index (χ0v) is 11.8. The number of likely N-dealkylation sites (N-methyl/N-ethyl adjacent to an activating group) is 1. The van der Waals surface area contributed by atoms with E-state index in [-0.39, 0.29) is 0 Å². The lowest BCUT2D eigenvalue weighted by atomic mass is 10.3. The SMILES string of the molecule is CN(C)CC(O)COc1ccc(NCC2CC2)cc1. The molecule has 0 bridgehead atoms. The van der Waals surface area contributed by atoms with Crippen molar-refractivity contribution in [1.29, 1.82) is 0 Å². The Labute approximate surface area is 115 Å². The van der Waals surface area contributed by atoms with E-state index in [0.29, 0.717) is 13.2 Å². The molecular formula is C15H24N2O2. The van der Waals surface area contributed by atoms with Gasteiger partial charge in [0, 0.05) is 18.8 Å². The molecule has 1 aliphatic rings. The molecule has 1 aromatic carbocycles. The Morgan fingerprint density at radius 2 is 2.00 bits per heavy atom. The predicted octanol–water partition coefficient (Wildman–Crippen LogP) is 1.81. The summed E-state index contributed by atoms with van der Waals surface area (Å²) in [6.07, 6.45) is 2.26. The third kappa shape index (κ3) is 5.49. The van der Waals surface area contributed by atoms with Crippen LogP contribution in [0.25, 0.3) is 0 Å². The number of hydrogen-bond donors (Lipinski definition) is 2. The number of rotatable bonds is 8. The van der Waals surface area contributed by atoms with Gasteiger partial charge in [-0.3, -0.25) is 0 Å². The number of nitrogens with one attached hydrogen (secondary N) is 1. The highest BCUT2D eigenvalue weighted by atomic mass is 16.5. The van der Waals surface area contributed by atoms with Gasteiger partial charge >= 0.3 is 0 Å². The molecule has 1 aromatic rings. The molecule has 2 N–H and O–H groups in total. The van der Waals surface area contributed by atoms with Gasteiger partial charge in [0.15, 0.2) is 0 Å². The van der Waals surface area contributed by atoms with Crippen molar-refractivity contribution < 1.29 is 9.84 Å². The van der Waals surface area contributed by atoms with Gasteiger partial charge < -0.3 is 20.1 Å². The Hall–Kier alpha value is -1.26. The fourth-order valence-electron chi connectivity index (χ4n) is 1.92. The summed E-state index contributed by atoms with van der Waals surface area (Å²) >= 11 is 0. The average Bonchev–Trinajstić information content (AvgIpc) is 3.18. The molecule has 0 aliphatic heterocycles. The lowest BCUT2D eigenvalue weighted by Gasteiger charge is -2.16. The molecule has 19 heavy (non-hydrogen) atoms. The lowest BCUT2D eigenvalue weighted by molar-refractivity contribution is 0.0831.